The summed E-state index contributed by atoms with van der Waals surface area (Å²) in [6.07, 6.45) is 0.809. The van der Waals surface area contributed by atoms with Crippen LogP contribution >= 0.6 is 11.3 Å². The van der Waals surface area contributed by atoms with E-state index in [0.29, 0.717) is 18.8 Å². The van der Waals surface area contributed by atoms with Gasteiger partial charge in [-0.2, -0.15) is 0 Å². The van der Waals surface area contributed by atoms with E-state index < -0.39 is 0 Å². The van der Waals surface area contributed by atoms with E-state index in [1.807, 2.05) is 35.2 Å². The number of H-pyrrole nitrogens is 1. The largest absolute Gasteiger partial charge is 0.357 e. The van der Waals surface area contributed by atoms with Crippen molar-refractivity contribution < 1.29 is 4.79 Å². The SMILES string of the molecule is CC(C)(C)Nc1nc2c(s1)CN(C(=O)c1cc3ccccc3[nH]1)CC2. The van der Waals surface area contributed by atoms with Crippen LogP contribution in [0.5, 0.6) is 0 Å². The third-order valence-corrected chi connectivity index (χ3v) is 5.26. The van der Waals surface area contributed by atoms with Crippen LogP contribution in [0.2, 0.25) is 0 Å². The lowest BCUT2D eigenvalue weighted by Gasteiger charge is -2.25. The van der Waals surface area contributed by atoms with Gasteiger partial charge in [-0.25, -0.2) is 4.98 Å². The van der Waals surface area contributed by atoms with Crippen LogP contribution in [-0.4, -0.2) is 32.9 Å². The molecule has 0 radical (unpaired) electrons. The Morgan fingerprint density at radius 1 is 1.32 bits per heavy atom. The summed E-state index contributed by atoms with van der Waals surface area (Å²) in [5.41, 5.74) is 2.76. The quantitative estimate of drug-likeness (QED) is 0.730. The van der Waals surface area contributed by atoms with Crippen LogP contribution in [0.4, 0.5) is 5.13 Å². The summed E-state index contributed by atoms with van der Waals surface area (Å²) in [5.74, 6) is 0.0561. The first-order valence-electron chi connectivity index (χ1n) is 8.53. The fraction of sp³-hybridized carbons (Fsp3) is 0.368. The number of hydrogen-bond donors (Lipinski definition) is 2. The van der Waals surface area contributed by atoms with E-state index in [4.69, 9.17) is 4.98 Å². The molecule has 3 heterocycles. The smallest absolute Gasteiger partial charge is 0.270 e. The van der Waals surface area contributed by atoms with Crippen LogP contribution < -0.4 is 5.32 Å². The Hall–Kier alpha value is -2.34. The van der Waals surface area contributed by atoms with Crippen LogP contribution in [0.3, 0.4) is 0 Å². The first-order valence-corrected chi connectivity index (χ1v) is 9.34. The Bertz CT molecular complexity index is 901. The number of carbonyl (C=O) groups excluding carboxylic acids is 1. The lowest BCUT2D eigenvalue weighted by Crippen LogP contribution is -2.35. The van der Waals surface area contributed by atoms with E-state index in [9.17, 15) is 4.79 Å². The van der Waals surface area contributed by atoms with Crippen molar-refractivity contribution in [1.82, 2.24) is 14.9 Å². The van der Waals surface area contributed by atoms with Crippen LogP contribution in [0, 0.1) is 0 Å². The van der Waals surface area contributed by atoms with Gasteiger partial charge in [0.25, 0.3) is 5.91 Å². The Labute approximate surface area is 151 Å². The highest BCUT2D eigenvalue weighted by molar-refractivity contribution is 7.15. The van der Waals surface area contributed by atoms with Gasteiger partial charge >= 0.3 is 0 Å². The lowest BCUT2D eigenvalue weighted by atomic mass is 10.1. The highest BCUT2D eigenvalue weighted by atomic mass is 32.1. The van der Waals surface area contributed by atoms with Crippen molar-refractivity contribution in [2.45, 2.75) is 39.3 Å². The number of para-hydroxylation sites is 1. The van der Waals surface area contributed by atoms with E-state index >= 15 is 0 Å². The Morgan fingerprint density at radius 2 is 2.12 bits per heavy atom. The van der Waals surface area contributed by atoms with Crippen LogP contribution in [0.25, 0.3) is 10.9 Å². The molecular formula is C19H22N4OS. The van der Waals surface area contributed by atoms with E-state index in [2.05, 4.69) is 31.1 Å². The summed E-state index contributed by atoms with van der Waals surface area (Å²) >= 11 is 1.66. The first kappa shape index (κ1) is 16.1. The topological polar surface area (TPSA) is 61.0 Å². The molecule has 5 nitrogen and oxygen atoms in total. The van der Waals surface area contributed by atoms with Gasteiger partial charge in [0.2, 0.25) is 0 Å². The molecule has 130 valence electrons. The normalized spacial score (nSPS) is 14.6. The van der Waals surface area contributed by atoms with E-state index in [1.54, 1.807) is 11.3 Å². The summed E-state index contributed by atoms with van der Waals surface area (Å²) in [6.45, 7) is 7.71. The van der Waals surface area contributed by atoms with Crippen molar-refractivity contribution in [2.75, 3.05) is 11.9 Å². The van der Waals surface area contributed by atoms with Crippen molar-refractivity contribution >= 4 is 33.3 Å². The molecule has 0 bridgehead atoms. The monoisotopic (exact) mass is 354 g/mol. The maximum absolute atomic E-state index is 12.9. The molecule has 2 aromatic heterocycles. The minimum Gasteiger partial charge on any atom is -0.357 e. The molecule has 1 aromatic carbocycles. The maximum atomic E-state index is 12.9. The Morgan fingerprint density at radius 3 is 2.88 bits per heavy atom. The van der Waals surface area contributed by atoms with Gasteiger partial charge in [-0.05, 0) is 32.9 Å². The maximum Gasteiger partial charge on any atom is 0.270 e. The molecule has 2 N–H and O–H groups in total. The van der Waals surface area contributed by atoms with Gasteiger partial charge in [-0.3, -0.25) is 4.79 Å². The van der Waals surface area contributed by atoms with Gasteiger partial charge in [0, 0.05) is 34.3 Å². The van der Waals surface area contributed by atoms with Gasteiger partial charge in [0.05, 0.1) is 12.2 Å². The Balaban J connectivity index is 1.54. The third-order valence-electron chi connectivity index (χ3n) is 4.26. The molecule has 0 spiro atoms. The van der Waals surface area contributed by atoms with Gasteiger partial charge in [0.15, 0.2) is 5.13 Å². The molecule has 0 unspecified atom stereocenters. The second-order valence-electron chi connectivity index (χ2n) is 7.51. The van der Waals surface area contributed by atoms with Gasteiger partial charge in [0.1, 0.15) is 5.69 Å². The number of aromatic nitrogens is 2. The molecule has 4 rings (SSSR count). The number of anilines is 1. The molecule has 0 saturated heterocycles. The van der Waals surface area contributed by atoms with Gasteiger partial charge in [-0.1, -0.05) is 29.5 Å². The standard InChI is InChI=1S/C19H22N4OS/c1-19(2,3)22-18-21-14-8-9-23(11-16(14)25-18)17(24)15-10-12-6-4-5-7-13(12)20-15/h4-7,10,20H,8-9,11H2,1-3H3,(H,21,22). The minimum atomic E-state index is -0.0136. The highest BCUT2D eigenvalue weighted by Crippen LogP contribution is 2.30. The van der Waals surface area contributed by atoms with Crippen molar-refractivity contribution in [3.05, 3.63) is 46.6 Å². The molecule has 3 aromatic rings. The average molecular weight is 354 g/mol. The van der Waals surface area contributed by atoms with E-state index in [-0.39, 0.29) is 11.4 Å². The third kappa shape index (κ3) is 3.26. The molecule has 6 heteroatoms. The molecule has 1 aliphatic rings. The number of fused-ring (bicyclic) bond motifs is 2. The first-order chi connectivity index (χ1) is 11.9. The summed E-state index contributed by atoms with van der Waals surface area (Å²) in [7, 11) is 0. The summed E-state index contributed by atoms with van der Waals surface area (Å²) < 4.78 is 0. The molecular weight excluding hydrogens is 332 g/mol. The van der Waals surface area contributed by atoms with E-state index in [1.165, 1.54) is 4.88 Å². The number of aromatic amines is 1. The van der Waals surface area contributed by atoms with Crippen molar-refractivity contribution in [3.8, 4) is 0 Å². The number of amides is 1. The molecule has 1 amide bonds. The van der Waals surface area contributed by atoms with Gasteiger partial charge in [-0.15, -0.1) is 0 Å². The molecule has 0 aliphatic carbocycles. The predicted octanol–water partition coefficient (Wildman–Crippen LogP) is 4.03. The van der Waals surface area contributed by atoms with Crippen LogP contribution in [0.15, 0.2) is 30.3 Å². The molecule has 0 atom stereocenters. The van der Waals surface area contributed by atoms with Crippen LogP contribution in [0.1, 0.15) is 41.8 Å². The van der Waals surface area contributed by atoms with Crippen molar-refractivity contribution in [2.24, 2.45) is 0 Å². The lowest BCUT2D eigenvalue weighted by molar-refractivity contribution is 0.0731. The van der Waals surface area contributed by atoms with Crippen molar-refractivity contribution in [3.63, 3.8) is 0 Å². The molecule has 25 heavy (non-hydrogen) atoms. The minimum absolute atomic E-state index is 0.0136. The van der Waals surface area contributed by atoms with Crippen LogP contribution in [-0.2, 0) is 13.0 Å². The fourth-order valence-electron chi connectivity index (χ4n) is 3.10. The number of thiazole rings is 1. The zero-order chi connectivity index (χ0) is 17.6. The number of nitrogens with zero attached hydrogens (tertiary/aromatic N) is 2. The zero-order valence-electron chi connectivity index (χ0n) is 14.7. The van der Waals surface area contributed by atoms with Crippen molar-refractivity contribution in [1.29, 1.82) is 0 Å². The summed E-state index contributed by atoms with van der Waals surface area (Å²) in [4.78, 5) is 23.9. The number of hydrogen-bond acceptors (Lipinski definition) is 4. The summed E-state index contributed by atoms with van der Waals surface area (Å²) in [5, 5.41) is 5.44. The Kier molecular flexibility index (Phi) is 3.80. The average Bonchev–Trinajstić information content (AvgIpc) is 3.14. The number of rotatable bonds is 2. The predicted molar refractivity (Wildman–Crippen MR) is 102 cm³/mol. The van der Waals surface area contributed by atoms with Gasteiger partial charge < -0.3 is 15.2 Å². The number of benzene rings is 1. The highest BCUT2D eigenvalue weighted by Gasteiger charge is 2.26. The number of nitrogens with one attached hydrogen (secondary N) is 2. The second-order valence-corrected chi connectivity index (χ2v) is 8.59. The zero-order valence-corrected chi connectivity index (χ0v) is 15.5. The van der Waals surface area contributed by atoms with E-state index in [0.717, 1.165) is 28.1 Å². The fourth-order valence-corrected chi connectivity index (χ4v) is 4.33. The number of carbonyl (C=O) groups is 1. The molecule has 0 saturated carbocycles. The molecule has 0 fully saturated rings. The second kappa shape index (κ2) is 5.88. The summed E-state index contributed by atoms with van der Waals surface area (Å²) in [6, 6.07) is 9.91. The molecule has 1 aliphatic heterocycles.